The SMILES string of the molecule is O=C(Cc1ccc(I)cc1)C1CCOc2ccccc21. The summed E-state index contributed by atoms with van der Waals surface area (Å²) in [6.45, 7) is 0.625. The smallest absolute Gasteiger partial charge is 0.144 e. The standard InChI is InChI=1S/C17H15IO2/c18-13-7-5-12(6-8-13)11-16(19)14-9-10-20-17-4-2-1-3-15(14)17/h1-8,14H,9-11H2. The first kappa shape index (κ1) is 13.6. The number of hydrogen-bond donors (Lipinski definition) is 0. The Balaban J connectivity index is 1.80. The first-order valence-electron chi connectivity index (χ1n) is 6.73. The van der Waals surface area contributed by atoms with Crippen molar-refractivity contribution >= 4 is 28.4 Å². The van der Waals surface area contributed by atoms with Crippen LogP contribution in [-0.4, -0.2) is 12.4 Å². The molecule has 1 atom stereocenters. The Morgan fingerprint density at radius 2 is 1.90 bits per heavy atom. The number of rotatable bonds is 3. The Bertz CT molecular complexity index is 619. The molecule has 0 spiro atoms. The Morgan fingerprint density at radius 3 is 2.70 bits per heavy atom. The summed E-state index contributed by atoms with van der Waals surface area (Å²) in [6.07, 6.45) is 1.27. The van der Waals surface area contributed by atoms with Crippen molar-refractivity contribution in [1.29, 1.82) is 0 Å². The van der Waals surface area contributed by atoms with Crippen LogP contribution in [0.15, 0.2) is 48.5 Å². The summed E-state index contributed by atoms with van der Waals surface area (Å²) in [7, 11) is 0. The maximum atomic E-state index is 12.6. The molecule has 20 heavy (non-hydrogen) atoms. The molecule has 3 rings (SSSR count). The monoisotopic (exact) mass is 378 g/mol. The van der Waals surface area contributed by atoms with Gasteiger partial charge in [-0.2, -0.15) is 0 Å². The average molecular weight is 378 g/mol. The lowest BCUT2D eigenvalue weighted by molar-refractivity contribution is -0.120. The molecule has 2 aromatic carbocycles. The van der Waals surface area contributed by atoms with Gasteiger partial charge in [0.2, 0.25) is 0 Å². The second-order valence-corrected chi connectivity index (χ2v) is 6.24. The average Bonchev–Trinajstić information content (AvgIpc) is 2.49. The van der Waals surface area contributed by atoms with Gasteiger partial charge in [0, 0.05) is 21.5 Å². The third-order valence-electron chi connectivity index (χ3n) is 3.64. The van der Waals surface area contributed by atoms with Crippen LogP contribution in [0, 0.1) is 3.57 Å². The number of carbonyl (C=O) groups is 1. The van der Waals surface area contributed by atoms with Gasteiger partial charge in [-0.1, -0.05) is 30.3 Å². The van der Waals surface area contributed by atoms with Crippen molar-refractivity contribution in [3.8, 4) is 5.75 Å². The number of ether oxygens (including phenoxy) is 1. The minimum Gasteiger partial charge on any atom is -0.493 e. The molecule has 1 aliphatic heterocycles. The second-order valence-electron chi connectivity index (χ2n) is 5.00. The number of hydrogen-bond acceptors (Lipinski definition) is 2. The first-order valence-corrected chi connectivity index (χ1v) is 7.81. The van der Waals surface area contributed by atoms with Crippen LogP contribution in [0.3, 0.4) is 0 Å². The Labute approximate surface area is 132 Å². The fourth-order valence-corrected chi connectivity index (χ4v) is 2.96. The Morgan fingerprint density at radius 1 is 1.15 bits per heavy atom. The highest BCUT2D eigenvalue weighted by Crippen LogP contribution is 2.34. The van der Waals surface area contributed by atoms with Crippen LogP contribution in [0.1, 0.15) is 23.5 Å². The summed E-state index contributed by atoms with van der Waals surface area (Å²) in [4.78, 5) is 12.6. The lowest BCUT2D eigenvalue weighted by atomic mass is 9.87. The number of halogens is 1. The highest BCUT2D eigenvalue weighted by atomic mass is 127. The number of Topliss-reactive ketones (excluding diaryl/α,β-unsaturated/α-hetero) is 1. The number of benzene rings is 2. The third kappa shape index (κ3) is 2.87. The van der Waals surface area contributed by atoms with Crippen LogP contribution >= 0.6 is 22.6 Å². The van der Waals surface area contributed by atoms with Crippen LogP contribution in [0.2, 0.25) is 0 Å². The molecule has 0 aliphatic carbocycles. The molecule has 1 aliphatic rings. The van der Waals surface area contributed by atoms with Gasteiger partial charge >= 0.3 is 0 Å². The topological polar surface area (TPSA) is 26.3 Å². The van der Waals surface area contributed by atoms with Gasteiger partial charge in [-0.25, -0.2) is 0 Å². The number of ketones is 1. The molecular weight excluding hydrogens is 363 g/mol. The van der Waals surface area contributed by atoms with Crippen molar-refractivity contribution in [1.82, 2.24) is 0 Å². The van der Waals surface area contributed by atoms with Crippen molar-refractivity contribution in [3.63, 3.8) is 0 Å². The molecule has 102 valence electrons. The molecule has 0 N–H and O–H groups in total. The van der Waals surface area contributed by atoms with Gasteiger partial charge in [-0.3, -0.25) is 4.79 Å². The summed E-state index contributed by atoms with van der Waals surface area (Å²) in [5, 5.41) is 0. The maximum absolute atomic E-state index is 12.6. The van der Waals surface area contributed by atoms with Crippen LogP contribution < -0.4 is 4.74 Å². The van der Waals surface area contributed by atoms with E-state index in [4.69, 9.17) is 4.74 Å². The van der Waals surface area contributed by atoms with Gasteiger partial charge in [-0.15, -0.1) is 0 Å². The molecule has 0 amide bonds. The molecule has 3 heteroatoms. The minimum absolute atomic E-state index is 0.0285. The number of carbonyl (C=O) groups excluding carboxylic acids is 1. The number of para-hydroxylation sites is 1. The van der Waals surface area contributed by atoms with E-state index in [9.17, 15) is 4.79 Å². The third-order valence-corrected chi connectivity index (χ3v) is 4.36. The zero-order valence-electron chi connectivity index (χ0n) is 11.0. The molecule has 0 fully saturated rings. The van der Waals surface area contributed by atoms with Crippen molar-refractivity contribution < 1.29 is 9.53 Å². The van der Waals surface area contributed by atoms with Crippen molar-refractivity contribution in [2.45, 2.75) is 18.8 Å². The summed E-state index contributed by atoms with van der Waals surface area (Å²) < 4.78 is 6.81. The van der Waals surface area contributed by atoms with Gasteiger partial charge in [0.1, 0.15) is 11.5 Å². The molecule has 2 aromatic rings. The highest BCUT2D eigenvalue weighted by Gasteiger charge is 2.26. The highest BCUT2D eigenvalue weighted by molar-refractivity contribution is 14.1. The molecule has 0 saturated carbocycles. The molecule has 0 bridgehead atoms. The molecule has 2 nitrogen and oxygen atoms in total. The maximum Gasteiger partial charge on any atom is 0.144 e. The van der Waals surface area contributed by atoms with E-state index in [0.29, 0.717) is 13.0 Å². The first-order chi connectivity index (χ1) is 9.74. The fourth-order valence-electron chi connectivity index (χ4n) is 2.60. The van der Waals surface area contributed by atoms with Gasteiger partial charge in [0.25, 0.3) is 0 Å². The van der Waals surface area contributed by atoms with Gasteiger partial charge in [0.15, 0.2) is 0 Å². The fraction of sp³-hybridized carbons (Fsp3) is 0.235. The van der Waals surface area contributed by atoms with Gasteiger partial charge in [0.05, 0.1) is 6.61 Å². The summed E-state index contributed by atoms with van der Waals surface area (Å²) in [5.74, 6) is 1.11. The predicted molar refractivity (Wildman–Crippen MR) is 87.2 cm³/mol. The lowest BCUT2D eigenvalue weighted by Gasteiger charge is -2.24. The molecule has 0 radical (unpaired) electrons. The molecule has 0 aromatic heterocycles. The van der Waals surface area contributed by atoms with Crippen LogP contribution in [-0.2, 0) is 11.2 Å². The zero-order valence-corrected chi connectivity index (χ0v) is 13.2. The molecule has 1 heterocycles. The van der Waals surface area contributed by atoms with E-state index in [1.54, 1.807) is 0 Å². The minimum atomic E-state index is -0.0285. The van der Waals surface area contributed by atoms with E-state index in [-0.39, 0.29) is 11.7 Å². The zero-order chi connectivity index (χ0) is 13.9. The Kier molecular flexibility index (Phi) is 4.05. The molecule has 1 unspecified atom stereocenters. The lowest BCUT2D eigenvalue weighted by Crippen LogP contribution is -2.22. The predicted octanol–water partition coefficient (Wildman–Crippen LogP) is 3.97. The van der Waals surface area contributed by atoms with E-state index >= 15 is 0 Å². The Hall–Kier alpha value is -1.36. The van der Waals surface area contributed by atoms with Crippen molar-refractivity contribution in [2.75, 3.05) is 6.61 Å². The largest absolute Gasteiger partial charge is 0.493 e. The van der Waals surface area contributed by atoms with Gasteiger partial charge < -0.3 is 4.74 Å². The van der Waals surface area contributed by atoms with E-state index < -0.39 is 0 Å². The second kappa shape index (κ2) is 5.95. The normalized spacial score (nSPS) is 17.1. The summed E-state index contributed by atoms with van der Waals surface area (Å²) in [6, 6.07) is 16.0. The van der Waals surface area contributed by atoms with Crippen LogP contribution in [0.25, 0.3) is 0 Å². The van der Waals surface area contributed by atoms with Crippen LogP contribution in [0.5, 0.6) is 5.75 Å². The summed E-state index contributed by atoms with van der Waals surface area (Å²) in [5.41, 5.74) is 2.12. The summed E-state index contributed by atoms with van der Waals surface area (Å²) >= 11 is 2.27. The molecule has 0 saturated heterocycles. The molecular formula is C17H15IO2. The quantitative estimate of drug-likeness (QED) is 0.756. The van der Waals surface area contributed by atoms with E-state index in [2.05, 4.69) is 22.6 Å². The van der Waals surface area contributed by atoms with E-state index in [1.165, 1.54) is 3.57 Å². The van der Waals surface area contributed by atoms with E-state index in [0.717, 1.165) is 23.3 Å². The van der Waals surface area contributed by atoms with Crippen molar-refractivity contribution in [3.05, 3.63) is 63.2 Å². The van der Waals surface area contributed by atoms with Crippen LogP contribution in [0.4, 0.5) is 0 Å². The van der Waals surface area contributed by atoms with E-state index in [1.807, 2.05) is 48.5 Å². The van der Waals surface area contributed by atoms with Gasteiger partial charge in [-0.05, 0) is 52.8 Å². The number of fused-ring (bicyclic) bond motifs is 1. The van der Waals surface area contributed by atoms with Crippen molar-refractivity contribution in [2.24, 2.45) is 0 Å².